The Morgan fingerprint density at radius 3 is 2.56 bits per heavy atom. The highest BCUT2D eigenvalue weighted by Gasteiger charge is 2.23. The van der Waals surface area contributed by atoms with Crippen molar-refractivity contribution < 1.29 is 9.59 Å². The average Bonchev–Trinajstić information content (AvgIpc) is 3.26. The largest absolute Gasteiger partial charge is 0.361 e. The van der Waals surface area contributed by atoms with E-state index in [9.17, 15) is 9.59 Å². The van der Waals surface area contributed by atoms with E-state index in [1.807, 2.05) is 44.3 Å². The molecule has 0 spiro atoms. The van der Waals surface area contributed by atoms with Crippen molar-refractivity contribution in [1.82, 2.24) is 20.1 Å². The molecule has 0 saturated heterocycles. The van der Waals surface area contributed by atoms with E-state index in [4.69, 9.17) is 23.2 Å². The van der Waals surface area contributed by atoms with Crippen LogP contribution < -0.4 is 5.32 Å². The lowest BCUT2D eigenvalue weighted by Gasteiger charge is -2.29. The molecule has 2 N–H and O–H groups in total. The lowest BCUT2D eigenvalue weighted by molar-refractivity contribution is -0.132. The molecule has 0 radical (unpaired) electrons. The monoisotopic (exact) mass is 530 g/mol. The maximum Gasteiger partial charge on any atom is 0.317 e. The first kappa shape index (κ1) is 27.9. The Bertz CT molecular complexity index is 1160. The molecule has 1 aromatic heterocycles. The highest BCUT2D eigenvalue weighted by atomic mass is 35.5. The number of aromatic nitrogens is 1. The van der Waals surface area contributed by atoms with Crippen molar-refractivity contribution in [2.45, 2.75) is 46.6 Å². The van der Waals surface area contributed by atoms with Crippen LogP contribution in [0.3, 0.4) is 0 Å². The van der Waals surface area contributed by atoms with Gasteiger partial charge in [-0.3, -0.25) is 4.79 Å². The van der Waals surface area contributed by atoms with Gasteiger partial charge in [0.15, 0.2) is 0 Å². The summed E-state index contributed by atoms with van der Waals surface area (Å²) in [5.41, 5.74) is 3.11. The van der Waals surface area contributed by atoms with Gasteiger partial charge in [0.1, 0.15) is 6.54 Å². The maximum absolute atomic E-state index is 13.6. The van der Waals surface area contributed by atoms with Gasteiger partial charge in [0.2, 0.25) is 5.91 Å². The summed E-state index contributed by atoms with van der Waals surface area (Å²) in [5.74, 6) is 0.136. The SMILES string of the molecule is CCCCNC(=O)N(CC(=O)N(CCc1c[nH]c2ccccc12)Cc1ccc(Cl)c(Cl)c1)CC(C)C. The molecule has 0 unspecified atom stereocenters. The number of para-hydroxylation sites is 1. The van der Waals surface area contributed by atoms with Crippen molar-refractivity contribution in [1.29, 1.82) is 0 Å². The number of rotatable bonds is 12. The second kappa shape index (κ2) is 13.6. The average molecular weight is 532 g/mol. The first-order valence-electron chi connectivity index (χ1n) is 12.6. The smallest absolute Gasteiger partial charge is 0.317 e. The van der Waals surface area contributed by atoms with Gasteiger partial charge in [0, 0.05) is 43.3 Å². The number of nitrogens with zero attached hydrogens (tertiary/aromatic N) is 2. The summed E-state index contributed by atoms with van der Waals surface area (Å²) >= 11 is 12.3. The molecule has 8 heteroatoms. The zero-order chi connectivity index (χ0) is 26.1. The second-order valence-corrected chi connectivity index (χ2v) is 10.3. The number of hydrogen-bond donors (Lipinski definition) is 2. The Kier molecular flexibility index (Phi) is 10.5. The van der Waals surface area contributed by atoms with Crippen LogP contribution in [0.5, 0.6) is 0 Å². The van der Waals surface area contributed by atoms with Crippen LogP contribution in [-0.4, -0.2) is 52.9 Å². The number of benzene rings is 2. The highest BCUT2D eigenvalue weighted by Crippen LogP contribution is 2.24. The summed E-state index contributed by atoms with van der Waals surface area (Å²) in [5, 5.41) is 5.03. The summed E-state index contributed by atoms with van der Waals surface area (Å²) in [7, 11) is 0. The van der Waals surface area contributed by atoms with Crippen molar-refractivity contribution in [3.8, 4) is 0 Å². The van der Waals surface area contributed by atoms with Crippen LogP contribution in [0, 0.1) is 5.92 Å². The number of unbranched alkanes of at least 4 members (excludes halogenated alkanes) is 1. The van der Waals surface area contributed by atoms with E-state index < -0.39 is 0 Å². The van der Waals surface area contributed by atoms with Crippen LogP contribution >= 0.6 is 23.2 Å². The molecule has 1 heterocycles. The fourth-order valence-corrected chi connectivity index (χ4v) is 4.47. The molecule has 0 aliphatic rings. The molecule has 0 bridgehead atoms. The van der Waals surface area contributed by atoms with Gasteiger partial charge in [-0.25, -0.2) is 4.79 Å². The third-order valence-electron chi connectivity index (χ3n) is 6.04. The summed E-state index contributed by atoms with van der Waals surface area (Å²) in [6.45, 7) is 8.18. The summed E-state index contributed by atoms with van der Waals surface area (Å²) in [6, 6.07) is 13.3. The first-order chi connectivity index (χ1) is 17.3. The Balaban J connectivity index is 1.78. The fourth-order valence-electron chi connectivity index (χ4n) is 4.15. The number of H-pyrrole nitrogens is 1. The molecule has 0 aliphatic carbocycles. The standard InChI is InChI=1S/C28H36Cl2N4O2/c1-4-5-13-31-28(36)34(17-20(2)3)19-27(35)33(18-21-10-11-24(29)25(30)15-21)14-12-22-16-32-26-9-7-6-8-23(22)26/h6-11,15-16,20,32H,4-5,12-14,17-19H2,1-3H3,(H,31,36). The van der Waals surface area contributed by atoms with Crippen molar-refractivity contribution in [2.24, 2.45) is 5.92 Å². The molecule has 3 rings (SSSR count). The molecule has 3 amide bonds. The van der Waals surface area contributed by atoms with Crippen LogP contribution in [0.2, 0.25) is 10.0 Å². The Morgan fingerprint density at radius 2 is 1.83 bits per heavy atom. The number of aromatic amines is 1. The zero-order valence-electron chi connectivity index (χ0n) is 21.3. The number of amides is 3. The van der Waals surface area contributed by atoms with E-state index in [-0.39, 0.29) is 24.4 Å². The molecule has 6 nitrogen and oxygen atoms in total. The summed E-state index contributed by atoms with van der Waals surface area (Å²) < 4.78 is 0. The molecular formula is C28H36Cl2N4O2. The van der Waals surface area contributed by atoms with Gasteiger partial charge >= 0.3 is 6.03 Å². The lowest BCUT2D eigenvalue weighted by Crippen LogP contribution is -2.48. The minimum Gasteiger partial charge on any atom is -0.361 e. The van der Waals surface area contributed by atoms with Gasteiger partial charge in [-0.2, -0.15) is 0 Å². The predicted octanol–water partition coefficient (Wildman–Crippen LogP) is 6.51. The van der Waals surface area contributed by atoms with E-state index in [1.54, 1.807) is 21.9 Å². The van der Waals surface area contributed by atoms with Crippen LogP contribution in [0.1, 0.15) is 44.7 Å². The van der Waals surface area contributed by atoms with Crippen molar-refractivity contribution >= 4 is 46.0 Å². The number of urea groups is 1. The van der Waals surface area contributed by atoms with Crippen molar-refractivity contribution in [3.05, 3.63) is 69.8 Å². The number of carbonyl (C=O) groups is 2. The molecule has 0 saturated carbocycles. The predicted molar refractivity (Wildman–Crippen MR) is 149 cm³/mol. The van der Waals surface area contributed by atoms with E-state index in [2.05, 4.69) is 23.3 Å². The van der Waals surface area contributed by atoms with Crippen molar-refractivity contribution in [3.63, 3.8) is 0 Å². The van der Waals surface area contributed by atoms with E-state index in [0.29, 0.717) is 42.6 Å². The van der Waals surface area contributed by atoms with E-state index >= 15 is 0 Å². The third-order valence-corrected chi connectivity index (χ3v) is 6.78. The molecule has 0 aliphatic heterocycles. The second-order valence-electron chi connectivity index (χ2n) is 9.53. The maximum atomic E-state index is 13.6. The van der Waals surface area contributed by atoms with Gasteiger partial charge in [-0.1, -0.05) is 74.7 Å². The van der Waals surface area contributed by atoms with Gasteiger partial charge in [-0.05, 0) is 48.1 Å². The molecule has 0 atom stereocenters. The Morgan fingerprint density at radius 1 is 1.06 bits per heavy atom. The normalized spacial score (nSPS) is 11.2. The number of nitrogens with one attached hydrogen (secondary N) is 2. The zero-order valence-corrected chi connectivity index (χ0v) is 22.8. The molecule has 3 aromatic rings. The van der Waals surface area contributed by atoms with Crippen LogP contribution in [-0.2, 0) is 17.8 Å². The number of carbonyl (C=O) groups excluding carboxylic acids is 2. The van der Waals surface area contributed by atoms with Gasteiger partial charge in [0.25, 0.3) is 0 Å². The summed E-state index contributed by atoms with van der Waals surface area (Å²) in [4.78, 5) is 33.2. The molecule has 2 aromatic carbocycles. The summed E-state index contributed by atoms with van der Waals surface area (Å²) in [6.07, 6.45) is 4.58. The van der Waals surface area contributed by atoms with Gasteiger partial charge in [-0.15, -0.1) is 0 Å². The Labute approximate surface area is 223 Å². The highest BCUT2D eigenvalue weighted by molar-refractivity contribution is 6.42. The number of halogens is 2. The van der Waals surface area contributed by atoms with Crippen LogP contribution in [0.15, 0.2) is 48.7 Å². The number of fused-ring (bicyclic) bond motifs is 1. The minimum absolute atomic E-state index is 0.0192. The molecule has 0 fully saturated rings. The third kappa shape index (κ3) is 7.90. The van der Waals surface area contributed by atoms with Crippen molar-refractivity contribution in [2.75, 3.05) is 26.2 Å². The van der Waals surface area contributed by atoms with E-state index in [0.717, 1.165) is 34.9 Å². The van der Waals surface area contributed by atoms with E-state index in [1.165, 1.54) is 0 Å². The topological polar surface area (TPSA) is 68.4 Å². The lowest BCUT2D eigenvalue weighted by atomic mass is 10.1. The molecule has 194 valence electrons. The first-order valence-corrected chi connectivity index (χ1v) is 13.3. The van der Waals surface area contributed by atoms with Gasteiger partial charge in [0.05, 0.1) is 10.0 Å². The Hall–Kier alpha value is -2.70. The van der Waals surface area contributed by atoms with Gasteiger partial charge < -0.3 is 20.1 Å². The molecule has 36 heavy (non-hydrogen) atoms. The van der Waals surface area contributed by atoms with Crippen LogP contribution in [0.4, 0.5) is 4.79 Å². The number of hydrogen-bond acceptors (Lipinski definition) is 2. The molecular weight excluding hydrogens is 495 g/mol. The minimum atomic E-state index is -0.198. The van der Waals surface area contributed by atoms with Crippen LogP contribution in [0.25, 0.3) is 10.9 Å². The quantitative estimate of drug-likeness (QED) is 0.262. The fraction of sp³-hybridized carbons (Fsp3) is 0.429.